The second-order valence-corrected chi connectivity index (χ2v) is 6.65. The van der Waals surface area contributed by atoms with Crippen LogP contribution in [0, 0.1) is 0 Å². The Labute approximate surface area is 122 Å². The molecule has 1 fully saturated rings. The van der Waals surface area contributed by atoms with Crippen molar-refractivity contribution < 1.29 is 9.53 Å². The molecule has 5 heteroatoms. The van der Waals surface area contributed by atoms with Gasteiger partial charge >= 0.3 is 0 Å². The van der Waals surface area contributed by atoms with Crippen molar-refractivity contribution in [3.8, 4) is 0 Å². The first-order chi connectivity index (χ1) is 7.94. The highest BCUT2D eigenvalue weighted by molar-refractivity contribution is 9.12. The third-order valence-corrected chi connectivity index (χ3v) is 5.72. The van der Waals surface area contributed by atoms with Crippen molar-refractivity contribution in [3.05, 3.63) is 34.9 Å². The Morgan fingerprint density at radius 3 is 2.71 bits per heavy atom. The highest BCUT2D eigenvalue weighted by atomic mass is 79.9. The largest absolute Gasteiger partial charge is 0.362 e. The van der Waals surface area contributed by atoms with E-state index < -0.39 is 5.60 Å². The topological polar surface area (TPSA) is 29.6 Å². The number of ether oxygens (including phenoxy) is 1. The molecule has 0 aromatic heterocycles. The van der Waals surface area contributed by atoms with E-state index in [1.807, 2.05) is 18.2 Å². The second-order valence-electron chi connectivity index (χ2n) is 4.24. The van der Waals surface area contributed by atoms with E-state index in [1.165, 1.54) is 0 Å². The summed E-state index contributed by atoms with van der Waals surface area (Å²) in [6, 6.07) is 7.45. The van der Waals surface area contributed by atoms with Crippen molar-refractivity contribution in [3.63, 3.8) is 0 Å². The van der Waals surface area contributed by atoms with Crippen LogP contribution in [0.1, 0.15) is 17.3 Å². The van der Waals surface area contributed by atoms with Gasteiger partial charge in [-0.15, -0.1) is 0 Å². The normalized spacial score (nSPS) is 26.4. The van der Waals surface area contributed by atoms with E-state index in [-0.39, 0.29) is 15.4 Å². The maximum Gasteiger partial charge on any atom is 0.181 e. The van der Waals surface area contributed by atoms with Crippen molar-refractivity contribution >= 4 is 49.2 Å². The van der Waals surface area contributed by atoms with Gasteiger partial charge in [-0.1, -0.05) is 55.6 Å². The molecule has 0 radical (unpaired) electrons. The van der Waals surface area contributed by atoms with Gasteiger partial charge in [0.25, 0.3) is 0 Å². The summed E-state index contributed by atoms with van der Waals surface area (Å²) in [6.45, 7) is 2.31. The average Bonchev–Trinajstić information content (AvgIpc) is 3.06. The Morgan fingerprint density at radius 2 is 2.18 bits per heavy atom. The molecule has 0 spiro atoms. The molecular weight excluding hydrogens is 371 g/mol. The fourth-order valence-electron chi connectivity index (χ4n) is 1.52. The van der Waals surface area contributed by atoms with Crippen LogP contribution in [0.3, 0.4) is 0 Å². The summed E-state index contributed by atoms with van der Waals surface area (Å²) in [5.41, 5.74) is 0.357. The quantitative estimate of drug-likeness (QED) is 0.584. The summed E-state index contributed by atoms with van der Waals surface area (Å²) in [7, 11) is 0. The lowest BCUT2D eigenvalue weighted by atomic mass is 10.00. The molecule has 1 saturated heterocycles. The highest BCUT2D eigenvalue weighted by Gasteiger charge is 2.50. The summed E-state index contributed by atoms with van der Waals surface area (Å²) >= 11 is 12.9. The lowest BCUT2D eigenvalue weighted by molar-refractivity contribution is -0.122. The number of epoxide rings is 1. The monoisotopic (exact) mass is 380 g/mol. The first-order valence-corrected chi connectivity index (χ1v) is 7.37. The molecule has 3 atom stereocenters. The van der Waals surface area contributed by atoms with Gasteiger partial charge in [0.05, 0.1) is 16.3 Å². The molecular formula is C12H11Br2ClO2. The van der Waals surface area contributed by atoms with Gasteiger partial charge in [-0.25, -0.2) is 0 Å². The summed E-state index contributed by atoms with van der Waals surface area (Å²) < 4.78 is 5.16. The van der Waals surface area contributed by atoms with Gasteiger partial charge in [0.1, 0.15) is 5.60 Å². The van der Waals surface area contributed by atoms with E-state index in [0.717, 1.165) is 5.56 Å². The van der Waals surface area contributed by atoms with Crippen LogP contribution in [-0.4, -0.2) is 22.8 Å². The number of hydrogen-bond donors (Lipinski definition) is 0. The first-order valence-electron chi connectivity index (χ1n) is 5.16. The van der Waals surface area contributed by atoms with Crippen molar-refractivity contribution in [2.24, 2.45) is 0 Å². The van der Waals surface area contributed by atoms with Gasteiger partial charge in [0, 0.05) is 5.02 Å². The molecule has 0 saturated carbocycles. The third kappa shape index (κ3) is 2.92. The summed E-state index contributed by atoms with van der Waals surface area (Å²) in [5.74, 6) is 0.0550. The highest BCUT2D eigenvalue weighted by Crippen LogP contribution is 2.39. The zero-order valence-corrected chi connectivity index (χ0v) is 13.0. The fraction of sp³-hybridized carbons (Fsp3) is 0.417. The van der Waals surface area contributed by atoms with Crippen LogP contribution < -0.4 is 0 Å². The molecule has 17 heavy (non-hydrogen) atoms. The third-order valence-electron chi connectivity index (χ3n) is 2.77. The number of Topliss-reactive ketones (excluding diaryl/α,β-unsaturated/α-hetero) is 1. The van der Waals surface area contributed by atoms with Crippen LogP contribution in [0.25, 0.3) is 0 Å². The molecule has 1 aromatic carbocycles. The van der Waals surface area contributed by atoms with Crippen LogP contribution in [-0.2, 0) is 9.53 Å². The molecule has 0 bridgehead atoms. The number of benzene rings is 1. The van der Waals surface area contributed by atoms with E-state index in [0.29, 0.717) is 11.6 Å². The minimum Gasteiger partial charge on any atom is -0.362 e. The number of ketones is 1. The number of carbonyl (C=O) groups is 1. The van der Waals surface area contributed by atoms with E-state index in [2.05, 4.69) is 31.9 Å². The molecule has 1 heterocycles. The Hall–Kier alpha value is 0.1000. The lowest BCUT2D eigenvalue weighted by Gasteiger charge is -2.18. The molecule has 1 aromatic rings. The Balaban J connectivity index is 2.14. The van der Waals surface area contributed by atoms with Crippen LogP contribution in [0.5, 0.6) is 0 Å². The Morgan fingerprint density at radius 1 is 1.53 bits per heavy atom. The van der Waals surface area contributed by atoms with Crippen molar-refractivity contribution in [2.75, 3.05) is 6.61 Å². The van der Waals surface area contributed by atoms with E-state index in [4.69, 9.17) is 16.3 Å². The zero-order chi connectivity index (χ0) is 12.6. The van der Waals surface area contributed by atoms with Gasteiger partial charge in [0.2, 0.25) is 0 Å². The minimum absolute atomic E-state index is 0.0550. The van der Waals surface area contributed by atoms with Gasteiger partial charge in [-0.05, 0) is 24.6 Å². The molecule has 1 aliphatic heterocycles. The van der Waals surface area contributed by atoms with Gasteiger partial charge < -0.3 is 4.74 Å². The average molecular weight is 382 g/mol. The molecule has 2 rings (SSSR count). The molecule has 0 N–H and O–H groups in total. The second kappa shape index (κ2) is 5.00. The number of halogens is 3. The maximum atomic E-state index is 12.1. The molecule has 2 nitrogen and oxygen atoms in total. The van der Waals surface area contributed by atoms with Crippen LogP contribution in [0.15, 0.2) is 24.3 Å². The Kier molecular flexibility index (Phi) is 3.98. The van der Waals surface area contributed by atoms with Gasteiger partial charge in [0.15, 0.2) is 5.78 Å². The van der Waals surface area contributed by atoms with E-state index in [9.17, 15) is 4.79 Å². The standard InChI is InChI=1S/C12H11Br2ClO2/c1-12(6-17-12)11(16)10(14)9(13)7-3-2-4-8(15)5-7/h2-5,9-10H,6H2,1H3/t9-,10+,12+/m1/s1. The smallest absolute Gasteiger partial charge is 0.181 e. The molecule has 0 aliphatic carbocycles. The number of carbonyl (C=O) groups excluding carboxylic acids is 1. The van der Waals surface area contributed by atoms with Crippen LogP contribution in [0.4, 0.5) is 0 Å². The van der Waals surface area contributed by atoms with Gasteiger partial charge in [-0.3, -0.25) is 4.79 Å². The number of hydrogen-bond acceptors (Lipinski definition) is 2. The number of rotatable bonds is 4. The summed E-state index contributed by atoms with van der Waals surface area (Å²) in [4.78, 5) is 11.7. The SMILES string of the molecule is C[C@@]1(C(=O)[C@@H](Br)[C@H](Br)c2cccc(Cl)c2)CO1. The van der Waals surface area contributed by atoms with Crippen LogP contribution >= 0.6 is 43.5 Å². The zero-order valence-electron chi connectivity index (χ0n) is 9.12. The fourth-order valence-corrected chi connectivity index (χ4v) is 3.04. The van der Waals surface area contributed by atoms with Crippen LogP contribution in [0.2, 0.25) is 5.02 Å². The molecule has 0 unspecified atom stereocenters. The van der Waals surface area contributed by atoms with Gasteiger partial charge in [-0.2, -0.15) is 0 Å². The van der Waals surface area contributed by atoms with Crippen molar-refractivity contribution in [2.45, 2.75) is 22.2 Å². The van der Waals surface area contributed by atoms with E-state index >= 15 is 0 Å². The maximum absolute atomic E-state index is 12.1. The Bertz CT molecular complexity index is 446. The summed E-state index contributed by atoms with van der Waals surface area (Å²) in [6.07, 6.45) is 0. The minimum atomic E-state index is -0.612. The number of alkyl halides is 2. The molecule has 92 valence electrons. The predicted molar refractivity (Wildman–Crippen MR) is 75.2 cm³/mol. The van der Waals surface area contributed by atoms with E-state index in [1.54, 1.807) is 13.0 Å². The molecule has 1 aliphatic rings. The van der Waals surface area contributed by atoms with Crippen molar-refractivity contribution in [1.82, 2.24) is 0 Å². The lowest BCUT2D eigenvalue weighted by Crippen LogP contribution is -2.31. The predicted octanol–water partition coefficient (Wildman–Crippen LogP) is 3.90. The van der Waals surface area contributed by atoms with Crippen molar-refractivity contribution in [1.29, 1.82) is 0 Å². The summed E-state index contributed by atoms with van der Waals surface area (Å²) in [5, 5.41) is 0.660. The molecule has 0 amide bonds. The first kappa shape index (κ1) is 13.5.